The van der Waals surface area contributed by atoms with Crippen LogP contribution >= 0.6 is 11.6 Å². The van der Waals surface area contributed by atoms with Crippen LogP contribution in [0.5, 0.6) is 5.75 Å². The van der Waals surface area contributed by atoms with Crippen LogP contribution in [0.4, 0.5) is 0 Å². The van der Waals surface area contributed by atoms with Gasteiger partial charge in [0.15, 0.2) is 5.96 Å². The fourth-order valence-electron chi connectivity index (χ4n) is 2.23. The first kappa shape index (κ1) is 22.6. The lowest BCUT2D eigenvalue weighted by atomic mass is 10.2. The molecule has 0 radical (unpaired) electrons. The van der Waals surface area contributed by atoms with Crippen molar-refractivity contribution in [1.82, 2.24) is 10.6 Å². The largest absolute Gasteiger partial charge is 0.493 e. The van der Waals surface area contributed by atoms with Crippen molar-refractivity contribution in [1.29, 1.82) is 0 Å². The molecular weight excluding hydrogens is 374 g/mol. The summed E-state index contributed by atoms with van der Waals surface area (Å²) in [6, 6.07) is 5.58. The first-order valence-electron chi connectivity index (χ1n) is 8.82. The predicted molar refractivity (Wildman–Crippen MR) is 109 cm³/mol. The Labute approximate surface area is 162 Å². The molecule has 0 aliphatic carbocycles. The van der Waals surface area contributed by atoms with E-state index in [0.717, 1.165) is 24.3 Å². The number of benzene rings is 1. The van der Waals surface area contributed by atoms with Gasteiger partial charge in [0, 0.05) is 36.8 Å². The average Bonchev–Trinajstić information content (AvgIpc) is 2.54. The van der Waals surface area contributed by atoms with Crippen LogP contribution in [0, 0.1) is 6.92 Å². The van der Waals surface area contributed by atoms with E-state index in [1.165, 1.54) is 6.26 Å². The molecule has 0 aliphatic heterocycles. The molecule has 1 rings (SSSR count). The van der Waals surface area contributed by atoms with Gasteiger partial charge < -0.3 is 15.4 Å². The second kappa shape index (κ2) is 11.3. The number of hydrogen-bond acceptors (Lipinski definition) is 4. The number of sulfone groups is 1. The van der Waals surface area contributed by atoms with E-state index in [2.05, 4.69) is 15.6 Å². The summed E-state index contributed by atoms with van der Waals surface area (Å²) in [5, 5.41) is 7.10. The molecule has 0 aromatic heterocycles. The molecular formula is C18H30ClN3O3S. The molecule has 26 heavy (non-hydrogen) atoms. The molecule has 0 fully saturated rings. The molecule has 1 aromatic carbocycles. The van der Waals surface area contributed by atoms with Crippen molar-refractivity contribution in [3.05, 3.63) is 28.8 Å². The molecule has 1 atom stereocenters. The molecule has 0 aliphatic rings. The highest BCUT2D eigenvalue weighted by Crippen LogP contribution is 2.21. The van der Waals surface area contributed by atoms with E-state index in [1.807, 2.05) is 39.0 Å². The standard InChI is InChI=1S/C18H30ClN3O3S/c1-5-20-18(22-15(3)9-12-26(4,23)24)21-10-6-11-25-17-8-7-16(19)13-14(17)2/h7-8,13,15H,5-6,9-12H2,1-4H3,(H2,20,21,22). The van der Waals surface area contributed by atoms with Crippen LogP contribution in [0.3, 0.4) is 0 Å². The summed E-state index contributed by atoms with van der Waals surface area (Å²) in [4.78, 5) is 4.51. The van der Waals surface area contributed by atoms with Gasteiger partial charge in [0.25, 0.3) is 0 Å². The third-order valence-corrected chi connectivity index (χ3v) is 4.83. The minimum absolute atomic E-state index is 0.0236. The number of guanidine groups is 1. The smallest absolute Gasteiger partial charge is 0.191 e. The predicted octanol–water partition coefficient (Wildman–Crippen LogP) is 2.80. The Hall–Kier alpha value is -1.47. The van der Waals surface area contributed by atoms with Crippen LogP contribution in [0.25, 0.3) is 0 Å². The molecule has 0 bridgehead atoms. The van der Waals surface area contributed by atoms with Crippen molar-refractivity contribution in [3.63, 3.8) is 0 Å². The van der Waals surface area contributed by atoms with Crippen LogP contribution in [0.1, 0.15) is 32.3 Å². The SMILES string of the molecule is CCNC(=NCCCOc1ccc(Cl)cc1C)NC(C)CCS(C)(=O)=O. The van der Waals surface area contributed by atoms with Crippen molar-refractivity contribution >= 4 is 27.4 Å². The van der Waals surface area contributed by atoms with E-state index in [0.29, 0.717) is 30.6 Å². The second-order valence-corrected chi connectivity index (χ2v) is 9.03. The summed E-state index contributed by atoms with van der Waals surface area (Å²) < 4.78 is 28.3. The molecule has 2 N–H and O–H groups in total. The molecule has 0 amide bonds. The van der Waals surface area contributed by atoms with Gasteiger partial charge in [-0.25, -0.2) is 8.42 Å². The number of rotatable bonds is 10. The van der Waals surface area contributed by atoms with Gasteiger partial charge in [0.05, 0.1) is 12.4 Å². The lowest BCUT2D eigenvalue weighted by molar-refractivity contribution is 0.311. The molecule has 148 valence electrons. The highest BCUT2D eigenvalue weighted by Gasteiger charge is 2.09. The van der Waals surface area contributed by atoms with Crippen LogP contribution in [0.15, 0.2) is 23.2 Å². The minimum Gasteiger partial charge on any atom is -0.493 e. The van der Waals surface area contributed by atoms with Crippen molar-refractivity contribution in [2.24, 2.45) is 4.99 Å². The van der Waals surface area contributed by atoms with Crippen molar-refractivity contribution in [2.75, 3.05) is 31.7 Å². The number of nitrogens with one attached hydrogen (secondary N) is 2. The molecule has 8 heteroatoms. The maximum atomic E-state index is 11.3. The number of halogens is 1. The number of hydrogen-bond donors (Lipinski definition) is 2. The van der Waals surface area contributed by atoms with E-state index >= 15 is 0 Å². The zero-order valence-electron chi connectivity index (χ0n) is 16.0. The van der Waals surface area contributed by atoms with Crippen LogP contribution < -0.4 is 15.4 Å². The Morgan fingerprint density at radius 1 is 1.38 bits per heavy atom. The summed E-state index contributed by atoms with van der Waals surface area (Å²) in [5.41, 5.74) is 1.01. The van der Waals surface area contributed by atoms with Gasteiger partial charge in [-0.3, -0.25) is 4.99 Å². The topological polar surface area (TPSA) is 79.8 Å². The fourth-order valence-corrected chi connectivity index (χ4v) is 3.24. The van der Waals surface area contributed by atoms with Crippen molar-refractivity contribution < 1.29 is 13.2 Å². The summed E-state index contributed by atoms with van der Waals surface area (Å²) >= 11 is 5.93. The van der Waals surface area contributed by atoms with Gasteiger partial charge in [-0.15, -0.1) is 0 Å². The quantitative estimate of drug-likeness (QED) is 0.356. The normalized spacial score (nSPS) is 13.3. The van der Waals surface area contributed by atoms with E-state index in [-0.39, 0.29) is 11.8 Å². The minimum atomic E-state index is -2.95. The Bertz CT molecular complexity index is 693. The Balaban J connectivity index is 2.41. The first-order valence-corrected chi connectivity index (χ1v) is 11.3. The molecule has 0 heterocycles. The van der Waals surface area contributed by atoms with E-state index in [1.54, 1.807) is 0 Å². The van der Waals surface area contributed by atoms with Gasteiger partial charge in [0.1, 0.15) is 15.6 Å². The zero-order chi connectivity index (χ0) is 19.6. The monoisotopic (exact) mass is 403 g/mol. The molecule has 1 unspecified atom stereocenters. The fraction of sp³-hybridized carbons (Fsp3) is 0.611. The third kappa shape index (κ3) is 9.87. The molecule has 0 spiro atoms. The summed E-state index contributed by atoms with van der Waals surface area (Å²) in [5.74, 6) is 1.68. The highest BCUT2D eigenvalue weighted by atomic mass is 35.5. The molecule has 0 saturated carbocycles. The first-order chi connectivity index (χ1) is 12.2. The van der Waals surface area contributed by atoms with Crippen molar-refractivity contribution in [2.45, 2.75) is 39.7 Å². The van der Waals surface area contributed by atoms with Crippen LogP contribution in [-0.2, 0) is 9.84 Å². The van der Waals surface area contributed by atoms with Gasteiger partial charge in [-0.1, -0.05) is 11.6 Å². The van der Waals surface area contributed by atoms with Gasteiger partial charge in [0.2, 0.25) is 0 Å². The maximum Gasteiger partial charge on any atom is 0.191 e. The Morgan fingerprint density at radius 3 is 2.73 bits per heavy atom. The molecule has 0 saturated heterocycles. The second-order valence-electron chi connectivity index (χ2n) is 6.34. The lowest BCUT2D eigenvalue weighted by Crippen LogP contribution is -2.43. The van der Waals surface area contributed by atoms with E-state index < -0.39 is 9.84 Å². The van der Waals surface area contributed by atoms with Gasteiger partial charge in [-0.2, -0.15) is 0 Å². The molecule has 1 aromatic rings. The number of ether oxygens (including phenoxy) is 1. The molecule has 6 nitrogen and oxygen atoms in total. The lowest BCUT2D eigenvalue weighted by Gasteiger charge is -2.17. The summed E-state index contributed by atoms with van der Waals surface area (Å²) in [6.45, 7) is 7.82. The van der Waals surface area contributed by atoms with Gasteiger partial charge >= 0.3 is 0 Å². The van der Waals surface area contributed by atoms with E-state index in [4.69, 9.17) is 16.3 Å². The van der Waals surface area contributed by atoms with Crippen LogP contribution in [0.2, 0.25) is 5.02 Å². The number of aliphatic imine (C=N–C) groups is 1. The number of aryl methyl sites for hydroxylation is 1. The van der Waals surface area contributed by atoms with Crippen LogP contribution in [-0.4, -0.2) is 52.1 Å². The number of nitrogens with zero attached hydrogens (tertiary/aromatic N) is 1. The van der Waals surface area contributed by atoms with E-state index in [9.17, 15) is 8.42 Å². The Morgan fingerprint density at radius 2 is 2.12 bits per heavy atom. The van der Waals surface area contributed by atoms with Crippen molar-refractivity contribution in [3.8, 4) is 5.75 Å². The summed E-state index contributed by atoms with van der Waals surface area (Å²) in [7, 11) is -2.95. The maximum absolute atomic E-state index is 11.3. The highest BCUT2D eigenvalue weighted by molar-refractivity contribution is 7.90. The third-order valence-electron chi connectivity index (χ3n) is 3.62. The van der Waals surface area contributed by atoms with Gasteiger partial charge in [-0.05, 0) is 51.0 Å². The zero-order valence-corrected chi connectivity index (χ0v) is 17.6. The summed E-state index contributed by atoms with van der Waals surface area (Å²) in [6.07, 6.45) is 2.57. The average molecular weight is 404 g/mol. The Kier molecular flexibility index (Phi) is 9.80.